The highest BCUT2D eigenvalue weighted by Crippen LogP contribution is 2.18. The van der Waals surface area contributed by atoms with Crippen molar-refractivity contribution in [1.29, 1.82) is 0 Å². The monoisotopic (exact) mass is 240 g/mol. The Morgan fingerprint density at radius 2 is 2.12 bits per heavy atom. The SMILES string of the molecule is CN(C)C(=O)C(CN)Cc1cc(O)cc(F)c1. The van der Waals surface area contributed by atoms with E-state index in [1.807, 2.05) is 0 Å². The molecule has 17 heavy (non-hydrogen) atoms. The molecule has 4 nitrogen and oxygen atoms in total. The number of nitrogens with two attached hydrogens (primary N) is 1. The van der Waals surface area contributed by atoms with Gasteiger partial charge in [0.25, 0.3) is 0 Å². The first-order valence-electron chi connectivity index (χ1n) is 5.33. The van der Waals surface area contributed by atoms with E-state index in [0.717, 1.165) is 6.07 Å². The summed E-state index contributed by atoms with van der Waals surface area (Å²) in [6, 6.07) is 3.76. The van der Waals surface area contributed by atoms with Gasteiger partial charge in [-0.25, -0.2) is 4.39 Å². The molecule has 0 radical (unpaired) electrons. The van der Waals surface area contributed by atoms with Crippen molar-refractivity contribution in [2.75, 3.05) is 20.6 Å². The van der Waals surface area contributed by atoms with Crippen molar-refractivity contribution in [1.82, 2.24) is 4.90 Å². The summed E-state index contributed by atoms with van der Waals surface area (Å²) in [5.41, 5.74) is 6.09. The fourth-order valence-electron chi connectivity index (χ4n) is 1.67. The van der Waals surface area contributed by atoms with Gasteiger partial charge < -0.3 is 15.7 Å². The first-order chi connectivity index (χ1) is 7.93. The van der Waals surface area contributed by atoms with Crippen LogP contribution in [0.25, 0.3) is 0 Å². The van der Waals surface area contributed by atoms with Crippen LogP contribution in [-0.2, 0) is 11.2 Å². The lowest BCUT2D eigenvalue weighted by molar-refractivity contribution is -0.132. The Bertz CT molecular complexity index is 387. The Morgan fingerprint density at radius 3 is 2.59 bits per heavy atom. The zero-order valence-electron chi connectivity index (χ0n) is 9.98. The van der Waals surface area contributed by atoms with Crippen LogP contribution in [0, 0.1) is 11.7 Å². The van der Waals surface area contributed by atoms with E-state index in [4.69, 9.17) is 5.73 Å². The third-order valence-electron chi connectivity index (χ3n) is 2.50. The van der Waals surface area contributed by atoms with Gasteiger partial charge in [-0.15, -0.1) is 0 Å². The van der Waals surface area contributed by atoms with Crippen molar-refractivity contribution in [3.63, 3.8) is 0 Å². The van der Waals surface area contributed by atoms with Gasteiger partial charge >= 0.3 is 0 Å². The molecule has 0 aliphatic rings. The van der Waals surface area contributed by atoms with Gasteiger partial charge in [0, 0.05) is 26.7 Å². The average molecular weight is 240 g/mol. The number of rotatable bonds is 4. The second-order valence-corrected chi connectivity index (χ2v) is 4.19. The number of carbonyl (C=O) groups excluding carboxylic acids is 1. The Balaban J connectivity index is 2.84. The van der Waals surface area contributed by atoms with E-state index in [0.29, 0.717) is 12.0 Å². The summed E-state index contributed by atoms with van der Waals surface area (Å²) in [5, 5.41) is 9.26. The van der Waals surface area contributed by atoms with Crippen LogP contribution in [0.1, 0.15) is 5.56 Å². The van der Waals surface area contributed by atoms with E-state index >= 15 is 0 Å². The number of hydrogen-bond donors (Lipinski definition) is 2. The largest absolute Gasteiger partial charge is 0.508 e. The molecule has 0 heterocycles. The van der Waals surface area contributed by atoms with E-state index in [-0.39, 0.29) is 18.2 Å². The zero-order chi connectivity index (χ0) is 13.0. The highest BCUT2D eigenvalue weighted by Gasteiger charge is 2.19. The van der Waals surface area contributed by atoms with E-state index in [9.17, 15) is 14.3 Å². The molecule has 0 aliphatic heterocycles. The zero-order valence-corrected chi connectivity index (χ0v) is 9.98. The van der Waals surface area contributed by atoms with Crippen molar-refractivity contribution in [3.8, 4) is 5.75 Å². The Morgan fingerprint density at radius 1 is 1.47 bits per heavy atom. The van der Waals surface area contributed by atoms with Gasteiger partial charge in [0.05, 0.1) is 5.92 Å². The van der Waals surface area contributed by atoms with Gasteiger partial charge in [-0.05, 0) is 24.1 Å². The molecule has 1 amide bonds. The average Bonchev–Trinajstić information content (AvgIpc) is 2.23. The molecule has 0 fully saturated rings. The Hall–Kier alpha value is -1.62. The van der Waals surface area contributed by atoms with E-state index in [1.54, 1.807) is 14.1 Å². The summed E-state index contributed by atoms with van der Waals surface area (Å²) < 4.78 is 13.1. The van der Waals surface area contributed by atoms with Crippen molar-refractivity contribution in [2.45, 2.75) is 6.42 Å². The second-order valence-electron chi connectivity index (χ2n) is 4.19. The van der Waals surface area contributed by atoms with Crippen molar-refractivity contribution in [2.24, 2.45) is 11.7 Å². The molecule has 0 bridgehead atoms. The van der Waals surface area contributed by atoms with Gasteiger partial charge in [0.2, 0.25) is 5.91 Å². The summed E-state index contributed by atoms with van der Waals surface area (Å²) >= 11 is 0. The summed E-state index contributed by atoms with van der Waals surface area (Å²) in [7, 11) is 3.29. The summed E-state index contributed by atoms with van der Waals surface area (Å²) in [4.78, 5) is 13.2. The second kappa shape index (κ2) is 5.63. The number of amides is 1. The van der Waals surface area contributed by atoms with Crippen LogP contribution in [0.3, 0.4) is 0 Å². The minimum Gasteiger partial charge on any atom is -0.508 e. The third kappa shape index (κ3) is 3.71. The number of benzene rings is 1. The summed E-state index contributed by atoms with van der Waals surface area (Å²) in [6.07, 6.45) is 0.318. The molecule has 1 atom stereocenters. The lowest BCUT2D eigenvalue weighted by atomic mass is 9.98. The van der Waals surface area contributed by atoms with Crippen LogP contribution < -0.4 is 5.73 Å². The summed E-state index contributed by atoms with van der Waals surface area (Å²) in [6.45, 7) is 0.189. The topological polar surface area (TPSA) is 66.6 Å². The minimum absolute atomic E-state index is 0.101. The van der Waals surface area contributed by atoms with Gasteiger partial charge in [-0.3, -0.25) is 4.79 Å². The molecule has 0 saturated heterocycles. The molecule has 0 aromatic heterocycles. The standard InChI is InChI=1S/C12H17FN2O2/c1-15(2)12(17)9(7-14)3-8-4-10(13)6-11(16)5-8/h4-6,9,16H,3,7,14H2,1-2H3. The van der Waals surface area contributed by atoms with Crippen LogP contribution >= 0.6 is 0 Å². The van der Waals surface area contributed by atoms with Crippen molar-refractivity contribution in [3.05, 3.63) is 29.6 Å². The van der Waals surface area contributed by atoms with E-state index in [1.165, 1.54) is 17.0 Å². The summed E-state index contributed by atoms with van der Waals surface area (Å²) in [5.74, 6) is -1.16. The van der Waals surface area contributed by atoms with E-state index in [2.05, 4.69) is 0 Å². The van der Waals surface area contributed by atoms with Crippen molar-refractivity contribution < 1.29 is 14.3 Å². The lowest BCUT2D eigenvalue weighted by Gasteiger charge is -2.19. The van der Waals surface area contributed by atoms with Crippen LogP contribution in [0.5, 0.6) is 5.75 Å². The Labute approximate surface area is 99.8 Å². The van der Waals surface area contributed by atoms with Gasteiger partial charge in [-0.1, -0.05) is 0 Å². The molecule has 94 valence electrons. The molecule has 3 N–H and O–H groups in total. The van der Waals surface area contributed by atoms with Gasteiger partial charge in [-0.2, -0.15) is 0 Å². The molecule has 1 unspecified atom stereocenters. The predicted molar refractivity (Wildman–Crippen MR) is 63.0 cm³/mol. The number of halogens is 1. The quantitative estimate of drug-likeness (QED) is 0.815. The first-order valence-corrected chi connectivity index (χ1v) is 5.33. The first kappa shape index (κ1) is 13.4. The van der Waals surface area contributed by atoms with Crippen LogP contribution in [0.4, 0.5) is 4.39 Å². The Kier molecular flexibility index (Phi) is 4.45. The van der Waals surface area contributed by atoms with E-state index < -0.39 is 11.7 Å². The maximum absolute atomic E-state index is 13.1. The fourth-order valence-corrected chi connectivity index (χ4v) is 1.67. The minimum atomic E-state index is -0.520. The molecule has 5 heteroatoms. The van der Waals surface area contributed by atoms with Gasteiger partial charge in [0.1, 0.15) is 11.6 Å². The number of phenolic OH excluding ortho intramolecular Hbond substituents is 1. The lowest BCUT2D eigenvalue weighted by Crippen LogP contribution is -2.35. The molecule has 1 aromatic carbocycles. The van der Waals surface area contributed by atoms with Gasteiger partial charge in [0.15, 0.2) is 0 Å². The van der Waals surface area contributed by atoms with Crippen LogP contribution in [-0.4, -0.2) is 36.6 Å². The predicted octanol–water partition coefficient (Wildman–Crippen LogP) is 0.737. The number of aromatic hydroxyl groups is 1. The third-order valence-corrected chi connectivity index (χ3v) is 2.50. The van der Waals surface area contributed by atoms with Crippen LogP contribution in [0.2, 0.25) is 0 Å². The molecule has 0 spiro atoms. The molecule has 0 aliphatic carbocycles. The maximum atomic E-state index is 13.1. The van der Waals surface area contributed by atoms with Crippen LogP contribution in [0.15, 0.2) is 18.2 Å². The number of nitrogens with zero attached hydrogens (tertiary/aromatic N) is 1. The highest BCUT2D eigenvalue weighted by molar-refractivity contribution is 5.78. The maximum Gasteiger partial charge on any atom is 0.226 e. The molecule has 1 aromatic rings. The molecule has 0 saturated carbocycles. The highest BCUT2D eigenvalue weighted by atomic mass is 19.1. The molecular formula is C12H17FN2O2. The smallest absolute Gasteiger partial charge is 0.226 e. The normalized spacial score (nSPS) is 12.2. The number of phenols is 1. The molecule has 1 rings (SSSR count). The van der Waals surface area contributed by atoms with Crippen molar-refractivity contribution >= 4 is 5.91 Å². The number of carbonyl (C=O) groups is 1. The fraction of sp³-hybridized carbons (Fsp3) is 0.417. The number of hydrogen-bond acceptors (Lipinski definition) is 3. The molecular weight excluding hydrogens is 223 g/mol.